The minimum atomic E-state index is 0.0792. The van der Waals surface area contributed by atoms with Crippen LogP contribution in [0.3, 0.4) is 0 Å². The van der Waals surface area contributed by atoms with Gasteiger partial charge in [-0.05, 0) is 55.9 Å². The van der Waals surface area contributed by atoms with E-state index in [2.05, 4.69) is 51.6 Å². The first-order valence-electron chi connectivity index (χ1n) is 12.7. The van der Waals surface area contributed by atoms with Crippen molar-refractivity contribution in [2.45, 2.75) is 38.3 Å². The quantitative estimate of drug-likeness (QED) is 0.513. The van der Waals surface area contributed by atoms with Crippen LogP contribution < -0.4 is 10.2 Å². The van der Waals surface area contributed by atoms with Crippen molar-refractivity contribution in [1.29, 1.82) is 0 Å². The summed E-state index contributed by atoms with van der Waals surface area (Å²) in [5.41, 5.74) is 6.12. The molecule has 1 aromatic heterocycles. The van der Waals surface area contributed by atoms with E-state index in [1.54, 1.807) is 11.3 Å². The maximum absolute atomic E-state index is 12.9. The van der Waals surface area contributed by atoms with Crippen LogP contribution in [0.5, 0.6) is 0 Å². The molecule has 0 aliphatic carbocycles. The molecule has 0 spiro atoms. The topological polar surface area (TPSA) is 68.7 Å². The Bertz CT molecular complexity index is 1090. The maximum atomic E-state index is 12.9. The van der Waals surface area contributed by atoms with Gasteiger partial charge in [-0.15, -0.1) is 11.3 Å². The first-order chi connectivity index (χ1) is 17.2. The summed E-state index contributed by atoms with van der Waals surface area (Å²) in [7, 11) is 0. The molecule has 2 fully saturated rings. The number of aromatic nitrogens is 1. The third-order valence-corrected chi connectivity index (χ3v) is 8.11. The predicted octanol–water partition coefficient (Wildman–Crippen LogP) is 4.41. The van der Waals surface area contributed by atoms with Gasteiger partial charge in [0.25, 0.3) is 5.91 Å². The summed E-state index contributed by atoms with van der Waals surface area (Å²) >= 11 is 1.72. The van der Waals surface area contributed by atoms with Gasteiger partial charge in [0.2, 0.25) is 0 Å². The lowest BCUT2D eigenvalue weighted by Gasteiger charge is -2.34. The van der Waals surface area contributed by atoms with Crippen molar-refractivity contribution in [1.82, 2.24) is 15.2 Å². The lowest BCUT2D eigenvalue weighted by Crippen LogP contribution is -2.42. The number of thiazole rings is 1. The Morgan fingerprint density at radius 2 is 1.80 bits per heavy atom. The molecule has 5 rings (SSSR count). The van der Waals surface area contributed by atoms with Gasteiger partial charge in [0, 0.05) is 67.1 Å². The standard InChI is InChI=1S/C28H34N4O2S/c33-19-21-5-4-14-32(18-21)28(34)23-8-10-25(11-9-23)31-15-12-24(13-16-31)29-17-26-27(30-20-35-26)22-6-2-1-3-7-22/h1-3,6-11,20-21,24,29,33H,4-5,12-19H2/t21-/m0/s1. The highest BCUT2D eigenvalue weighted by Gasteiger charge is 2.25. The van der Waals surface area contributed by atoms with Crippen molar-refractivity contribution in [3.63, 3.8) is 0 Å². The number of aliphatic hydroxyl groups is 1. The molecule has 1 atom stereocenters. The van der Waals surface area contributed by atoms with Crippen LogP contribution in [0.25, 0.3) is 11.3 Å². The van der Waals surface area contributed by atoms with Gasteiger partial charge in [-0.3, -0.25) is 4.79 Å². The number of hydrogen-bond donors (Lipinski definition) is 2. The summed E-state index contributed by atoms with van der Waals surface area (Å²) < 4.78 is 0. The van der Waals surface area contributed by atoms with Crippen LogP contribution in [0.2, 0.25) is 0 Å². The molecule has 35 heavy (non-hydrogen) atoms. The molecule has 2 saturated heterocycles. The largest absolute Gasteiger partial charge is 0.396 e. The van der Waals surface area contributed by atoms with Crippen molar-refractivity contribution >= 4 is 22.9 Å². The molecular weight excluding hydrogens is 456 g/mol. The molecule has 3 heterocycles. The molecule has 1 amide bonds. The van der Waals surface area contributed by atoms with Gasteiger partial charge in [0.05, 0.1) is 11.2 Å². The number of nitrogens with one attached hydrogen (secondary N) is 1. The van der Waals surface area contributed by atoms with E-state index in [-0.39, 0.29) is 18.4 Å². The van der Waals surface area contributed by atoms with Gasteiger partial charge in [-0.1, -0.05) is 30.3 Å². The molecule has 2 aromatic carbocycles. The fourth-order valence-electron chi connectivity index (χ4n) is 5.20. The first-order valence-corrected chi connectivity index (χ1v) is 13.6. The Balaban J connectivity index is 1.12. The monoisotopic (exact) mass is 490 g/mol. The van der Waals surface area contributed by atoms with Crippen LogP contribution in [0.4, 0.5) is 5.69 Å². The van der Waals surface area contributed by atoms with Crippen molar-refractivity contribution in [2.24, 2.45) is 5.92 Å². The SMILES string of the molecule is O=C(c1ccc(N2CCC(NCc3scnc3-c3ccccc3)CC2)cc1)N1CCC[C@H](CO)C1. The van der Waals surface area contributed by atoms with Crippen LogP contribution in [-0.2, 0) is 6.54 Å². The van der Waals surface area contributed by atoms with E-state index in [1.807, 2.05) is 28.6 Å². The first kappa shape index (κ1) is 24.0. The van der Waals surface area contributed by atoms with Crippen molar-refractivity contribution in [3.05, 3.63) is 70.5 Å². The number of amides is 1. The summed E-state index contributed by atoms with van der Waals surface area (Å²) in [6, 6.07) is 19.0. The molecule has 184 valence electrons. The second-order valence-corrected chi connectivity index (χ2v) is 10.6. The molecule has 0 saturated carbocycles. The summed E-state index contributed by atoms with van der Waals surface area (Å²) in [5.74, 6) is 0.290. The number of nitrogens with zero attached hydrogens (tertiary/aromatic N) is 3. The second-order valence-electron chi connectivity index (χ2n) is 9.62. The van der Waals surface area contributed by atoms with E-state index >= 15 is 0 Å². The third kappa shape index (κ3) is 5.74. The molecule has 0 bridgehead atoms. The third-order valence-electron chi connectivity index (χ3n) is 7.28. The van der Waals surface area contributed by atoms with Gasteiger partial charge >= 0.3 is 0 Å². The molecule has 2 aliphatic heterocycles. The molecule has 2 aliphatic rings. The highest BCUT2D eigenvalue weighted by atomic mass is 32.1. The number of carbonyl (C=O) groups is 1. The van der Waals surface area contributed by atoms with E-state index in [1.165, 1.54) is 16.1 Å². The average Bonchev–Trinajstić information content (AvgIpc) is 3.41. The number of aliphatic hydroxyl groups excluding tert-OH is 1. The van der Waals surface area contributed by atoms with E-state index in [0.29, 0.717) is 12.6 Å². The van der Waals surface area contributed by atoms with Crippen molar-refractivity contribution in [3.8, 4) is 11.3 Å². The maximum Gasteiger partial charge on any atom is 0.253 e. The van der Waals surface area contributed by atoms with Crippen molar-refractivity contribution in [2.75, 3.05) is 37.7 Å². The van der Waals surface area contributed by atoms with Crippen LogP contribution in [0, 0.1) is 5.92 Å². The predicted molar refractivity (Wildman–Crippen MR) is 142 cm³/mol. The van der Waals surface area contributed by atoms with E-state index in [0.717, 1.165) is 63.1 Å². The number of hydrogen-bond acceptors (Lipinski definition) is 6. The number of carbonyl (C=O) groups excluding carboxylic acids is 1. The van der Waals surface area contributed by atoms with Gasteiger partial charge in [-0.25, -0.2) is 4.98 Å². The van der Waals surface area contributed by atoms with E-state index in [4.69, 9.17) is 0 Å². The van der Waals surface area contributed by atoms with Gasteiger partial charge < -0.3 is 20.2 Å². The number of piperidine rings is 2. The smallest absolute Gasteiger partial charge is 0.253 e. The van der Waals surface area contributed by atoms with Crippen LogP contribution in [0.15, 0.2) is 60.1 Å². The summed E-state index contributed by atoms with van der Waals surface area (Å²) in [4.78, 5) is 23.1. The van der Waals surface area contributed by atoms with Gasteiger partial charge in [0.1, 0.15) is 0 Å². The highest BCUT2D eigenvalue weighted by Crippen LogP contribution is 2.26. The zero-order chi connectivity index (χ0) is 24.0. The van der Waals surface area contributed by atoms with E-state index in [9.17, 15) is 9.90 Å². The molecule has 2 N–H and O–H groups in total. The van der Waals surface area contributed by atoms with Crippen LogP contribution >= 0.6 is 11.3 Å². The minimum absolute atomic E-state index is 0.0792. The number of rotatable bonds is 7. The molecular formula is C28H34N4O2S. The zero-order valence-electron chi connectivity index (χ0n) is 20.1. The molecule has 6 nitrogen and oxygen atoms in total. The Morgan fingerprint density at radius 1 is 1.03 bits per heavy atom. The fourth-order valence-corrected chi connectivity index (χ4v) is 5.94. The summed E-state index contributed by atoms with van der Waals surface area (Å²) in [5, 5.41) is 13.2. The van der Waals surface area contributed by atoms with Crippen molar-refractivity contribution < 1.29 is 9.90 Å². The molecule has 0 unspecified atom stereocenters. The Hall–Kier alpha value is -2.74. The Labute approximate surface area is 211 Å². The summed E-state index contributed by atoms with van der Waals surface area (Å²) in [6.07, 6.45) is 4.16. The van der Waals surface area contributed by atoms with Gasteiger partial charge in [-0.2, -0.15) is 0 Å². The Kier molecular flexibility index (Phi) is 7.76. The normalized spacial score (nSPS) is 19.2. The molecule has 3 aromatic rings. The Morgan fingerprint density at radius 3 is 2.54 bits per heavy atom. The number of benzene rings is 2. The lowest BCUT2D eigenvalue weighted by atomic mass is 9.98. The number of likely N-dealkylation sites (tertiary alicyclic amines) is 1. The van der Waals surface area contributed by atoms with Crippen LogP contribution in [-0.4, -0.2) is 59.7 Å². The van der Waals surface area contributed by atoms with Gasteiger partial charge in [0.15, 0.2) is 0 Å². The fraction of sp³-hybridized carbons (Fsp3) is 0.429. The average molecular weight is 491 g/mol. The number of anilines is 1. The zero-order valence-corrected chi connectivity index (χ0v) is 20.9. The van der Waals surface area contributed by atoms with Crippen LogP contribution in [0.1, 0.15) is 40.9 Å². The second kappa shape index (κ2) is 11.3. The molecule has 0 radical (unpaired) electrons. The van der Waals surface area contributed by atoms with E-state index < -0.39 is 0 Å². The lowest BCUT2D eigenvalue weighted by molar-refractivity contribution is 0.0620. The summed E-state index contributed by atoms with van der Waals surface area (Å²) in [6.45, 7) is 4.46. The highest BCUT2D eigenvalue weighted by molar-refractivity contribution is 7.10. The molecule has 7 heteroatoms. The minimum Gasteiger partial charge on any atom is -0.396 e.